The van der Waals surface area contributed by atoms with Crippen LogP contribution < -0.4 is 0 Å². The highest BCUT2D eigenvalue weighted by Crippen LogP contribution is 2.21. The molecule has 4 nitrogen and oxygen atoms in total. The van der Waals surface area contributed by atoms with Crippen molar-refractivity contribution in [2.75, 3.05) is 20.2 Å². The minimum Gasteiger partial charge on any atom is -0.469 e. The Hall–Kier alpha value is -2.24. The van der Waals surface area contributed by atoms with Gasteiger partial charge in [-0.2, -0.15) is 0 Å². The number of methoxy groups -OCH3 is 1. The first-order chi connectivity index (χ1) is 12.4. The number of amides is 1. The van der Waals surface area contributed by atoms with Gasteiger partial charge in [0.1, 0.15) is 0 Å². The summed E-state index contributed by atoms with van der Waals surface area (Å²) in [5.74, 6) is -3.40. The molecular formula is C20H25F2NO3. The van der Waals surface area contributed by atoms with Crippen molar-refractivity contribution >= 4 is 11.9 Å². The third kappa shape index (κ3) is 5.38. The molecule has 1 unspecified atom stereocenters. The van der Waals surface area contributed by atoms with Crippen LogP contribution in [0.5, 0.6) is 0 Å². The third-order valence-corrected chi connectivity index (χ3v) is 4.64. The molecule has 1 aliphatic carbocycles. The zero-order chi connectivity index (χ0) is 19.1. The summed E-state index contributed by atoms with van der Waals surface area (Å²) in [7, 11) is 1.30. The van der Waals surface area contributed by atoms with Crippen LogP contribution in [0.2, 0.25) is 0 Å². The predicted octanol–water partition coefficient (Wildman–Crippen LogP) is 4.11. The highest BCUT2D eigenvalue weighted by atomic mass is 19.2. The maximum absolute atomic E-state index is 13.5. The van der Waals surface area contributed by atoms with E-state index in [0.717, 1.165) is 31.4 Å². The van der Waals surface area contributed by atoms with Crippen molar-refractivity contribution in [3.8, 4) is 0 Å². The van der Waals surface area contributed by atoms with E-state index in [1.54, 1.807) is 6.92 Å². The van der Waals surface area contributed by atoms with Crippen molar-refractivity contribution in [2.45, 2.75) is 39.0 Å². The molecule has 1 atom stereocenters. The minimum atomic E-state index is -1.06. The Labute approximate surface area is 152 Å². The van der Waals surface area contributed by atoms with Crippen LogP contribution in [0, 0.1) is 17.6 Å². The van der Waals surface area contributed by atoms with Crippen molar-refractivity contribution in [3.63, 3.8) is 0 Å². The average Bonchev–Trinajstić information content (AvgIpc) is 2.66. The summed E-state index contributed by atoms with van der Waals surface area (Å²) >= 11 is 0. The topological polar surface area (TPSA) is 46.6 Å². The highest BCUT2D eigenvalue weighted by Gasteiger charge is 2.23. The first-order valence-electron chi connectivity index (χ1n) is 8.92. The Balaban J connectivity index is 2.14. The molecule has 6 heteroatoms. The van der Waals surface area contributed by atoms with Crippen LogP contribution in [0.4, 0.5) is 8.78 Å². The van der Waals surface area contributed by atoms with Gasteiger partial charge >= 0.3 is 5.97 Å². The quantitative estimate of drug-likeness (QED) is 0.540. The van der Waals surface area contributed by atoms with Crippen molar-refractivity contribution in [2.24, 2.45) is 5.92 Å². The fourth-order valence-electron chi connectivity index (χ4n) is 3.10. The van der Waals surface area contributed by atoms with Gasteiger partial charge in [0.15, 0.2) is 11.6 Å². The average molecular weight is 365 g/mol. The van der Waals surface area contributed by atoms with Gasteiger partial charge in [0.25, 0.3) is 5.91 Å². The van der Waals surface area contributed by atoms with Crippen LogP contribution in [-0.4, -0.2) is 37.0 Å². The fraction of sp³-hybridized carbons (Fsp3) is 0.500. The molecule has 1 aromatic rings. The zero-order valence-corrected chi connectivity index (χ0v) is 15.3. The molecule has 0 heterocycles. The molecule has 0 spiro atoms. The van der Waals surface area contributed by atoms with Gasteiger partial charge in [-0.3, -0.25) is 9.59 Å². The van der Waals surface area contributed by atoms with E-state index < -0.39 is 29.4 Å². The fourth-order valence-corrected chi connectivity index (χ4v) is 3.10. The zero-order valence-electron chi connectivity index (χ0n) is 15.3. The maximum Gasteiger partial charge on any atom is 0.310 e. The lowest BCUT2D eigenvalue weighted by atomic mass is 9.97. The summed E-state index contributed by atoms with van der Waals surface area (Å²) in [6, 6.07) is 3.10. The van der Waals surface area contributed by atoms with Crippen molar-refractivity contribution in [1.29, 1.82) is 0 Å². The largest absolute Gasteiger partial charge is 0.469 e. The normalized spacial score (nSPS) is 15.2. The number of nitrogens with zero attached hydrogens (tertiary/aromatic N) is 1. The second-order valence-corrected chi connectivity index (χ2v) is 6.66. The van der Waals surface area contributed by atoms with E-state index >= 15 is 0 Å². The number of benzene rings is 1. The number of rotatable bonds is 7. The number of hydrogen-bond donors (Lipinski definition) is 0. The molecule has 0 aliphatic heterocycles. The minimum absolute atomic E-state index is 0.0681. The smallest absolute Gasteiger partial charge is 0.310 e. The molecule has 1 aliphatic rings. The van der Waals surface area contributed by atoms with E-state index in [4.69, 9.17) is 4.74 Å². The van der Waals surface area contributed by atoms with Gasteiger partial charge in [-0.25, -0.2) is 8.78 Å². The SMILES string of the molecule is COC(=O)C(C)CN(CCC1=CCCCC1)C(=O)c1ccc(F)c(F)c1. The van der Waals surface area contributed by atoms with Gasteiger partial charge in [0, 0.05) is 18.7 Å². The summed E-state index contributed by atoms with van der Waals surface area (Å²) in [5, 5.41) is 0. The van der Waals surface area contributed by atoms with Gasteiger partial charge in [-0.1, -0.05) is 18.6 Å². The summed E-state index contributed by atoms with van der Waals surface area (Å²) in [5.41, 5.74) is 1.36. The Morgan fingerprint density at radius 1 is 1.23 bits per heavy atom. The monoisotopic (exact) mass is 365 g/mol. The van der Waals surface area contributed by atoms with E-state index in [2.05, 4.69) is 6.08 Å². The van der Waals surface area contributed by atoms with Crippen LogP contribution in [0.3, 0.4) is 0 Å². The van der Waals surface area contributed by atoms with Gasteiger partial charge in [0.05, 0.1) is 13.0 Å². The first-order valence-corrected chi connectivity index (χ1v) is 8.92. The first kappa shape index (κ1) is 20.1. The Morgan fingerprint density at radius 2 is 2.00 bits per heavy atom. The predicted molar refractivity (Wildman–Crippen MR) is 94.6 cm³/mol. The third-order valence-electron chi connectivity index (χ3n) is 4.64. The van der Waals surface area contributed by atoms with Gasteiger partial charge in [-0.15, -0.1) is 0 Å². The molecule has 1 aromatic carbocycles. The second-order valence-electron chi connectivity index (χ2n) is 6.66. The lowest BCUT2D eigenvalue weighted by Gasteiger charge is -2.26. The Kier molecular flexibility index (Phi) is 7.30. The maximum atomic E-state index is 13.5. The molecule has 2 rings (SSSR count). The molecule has 1 amide bonds. The van der Waals surface area contributed by atoms with Crippen LogP contribution in [0.25, 0.3) is 0 Å². The molecule has 0 saturated heterocycles. The van der Waals surface area contributed by atoms with Crippen LogP contribution in [-0.2, 0) is 9.53 Å². The number of esters is 1. The van der Waals surface area contributed by atoms with E-state index in [9.17, 15) is 18.4 Å². The molecule has 0 N–H and O–H groups in total. The van der Waals surface area contributed by atoms with Crippen LogP contribution in [0.15, 0.2) is 29.8 Å². The summed E-state index contributed by atoms with van der Waals surface area (Å²) in [6.45, 7) is 2.26. The number of hydrogen-bond acceptors (Lipinski definition) is 3. The van der Waals surface area contributed by atoms with Crippen molar-refractivity contribution in [1.82, 2.24) is 4.90 Å². The number of carbonyl (C=O) groups is 2. The van der Waals surface area contributed by atoms with Gasteiger partial charge in [-0.05, 0) is 50.3 Å². The van der Waals surface area contributed by atoms with Crippen LogP contribution >= 0.6 is 0 Å². The lowest BCUT2D eigenvalue weighted by Crippen LogP contribution is -2.38. The summed E-state index contributed by atoms with van der Waals surface area (Å²) in [4.78, 5) is 26.0. The molecule has 0 aromatic heterocycles. The standard InChI is InChI=1S/C20H25F2NO3/c1-14(20(25)26-2)13-23(11-10-15-6-4-3-5-7-15)19(24)16-8-9-17(21)18(22)12-16/h6,8-9,12,14H,3-5,7,10-11,13H2,1-2H3. The Bertz CT molecular complexity index is 688. The molecular weight excluding hydrogens is 340 g/mol. The molecule has 0 saturated carbocycles. The molecule has 0 bridgehead atoms. The van der Waals surface area contributed by atoms with Crippen molar-refractivity contribution in [3.05, 3.63) is 47.0 Å². The summed E-state index contributed by atoms with van der Waals surface area (Å²) in [6.07, 6.45) is 7.30. The molecule has 0 radical (unpaired) electrons. The van der Waals surface area contributed by atoms with Gasteiger partial charge < -0.3 is 9.64 Å². The lowest BCUT2D eigenvalue weighted by molar-refractivity contribution is -0.145. The van der Waals surface area contributed by atoms with E-state index in [-0.39, 0.29) is 12.1 Å². The Morgan fingerprint density at radius 3 is 2.62 bits per heavy atom. The number of carbonyl (C=O) groups excluding carboxylic acids is 2. The number of halogens is 2. The van der Waals surface area contributed by atoms with E-state index in [1.165, 1.54) is 30.1 Å². The number of allylic oxidation sites excluding steroid dienone is 1. The van der Waals surface area contributed by atoms with Crippen molar-refractivity contribution < 1.29 is 23.1 Å². The van der Waals surface area contributed by atoms with Gasteiger partial charge in [0.2, 0.25) is 0 Å². The molecule has 26 heavy (non-hydrogen) atoms. The summed E-state index contributed by atoms with van der Waals surface area (Å²) < 4.78 is 31.4. The molecule has 0 fully saturated rings. The highest BCUT2D eigenvalue weighted by molar-refractivity contribution is 5.94. The second kappa shape index (κ2) is 9.46. The van der Waals surface area contributed by atoms with E-state index in [1.807, 2.05) is 0 Å². The van der Waals surface area contributed by atoms with Crippen LogP contribution in [0.1, 0.15) is 49.4 Å². The number of ether oxygens (including phenoxy) is 1. The van der Waals surface area contributed by atoms with E-state index in [0.29, 0.717) is 13.0 Å². The molecule has 142 valence electrons.